The Hall–Kier alpha value is -2.30. The standard InChI is InChI=1S/C10H10N4O/c11-10(15)8-5-7-14(13-8)9-4-2-1-3-6-12-9/h1-7,12H,(H2,11,15). The zero-order valence-corrected chi connectivity index (χ0v) is 7.92. The van der Waals surface area contributed by atoms with Gasteiger partial charge < -0.3 is 11.1 Å². The van der Waals surface area contributed by atoms with Crippen LogP contribution >= 0.6 is 0 Å². The Morgan fingerprint density at radius 2 is 2.27 bits per heavy atom. The van der Waals surface area contributed by atoms with E-state index >= 15 is 0 Å². The van der Waals surface area contributed by atoms with Crippen LogP contribution in [-0.4, -0.2) is 15.7 Å². The number of primary amides is 1. The molecule has 5 heteroatoms. The zero-order chi connectivity index (χ0) is 10.7. The van der Waals surface area contributed by atoms with Gasteiger partial charge >= 0.3 is 0 Å². The fourth-order valence-corrected chi connectivity index (χ4v) is 1.18. The van der Waals surface area contributed by atoms with E-state index in [1.165, 1.54) is 0 Å². The van der Waals surface area contributed by atoms with Crippen molar-refractivity contribution in [3.05, 3.63) is 48.5 Å². The molecule has 0 unspecified atom stereocenters. The molecule has 2 heterocycles. The summed E-state index contributed by atoms with van der Waals surface area (Å²) in [7, 11) is 0. The van der Waals surface area contributed by atoms with Crippen molar-refractivity contribution in [3.63, 3.8) is 0 Å². The van der Waals surface area contributed by atoms with Gasteiger partial charge in [0.1, 0.15) is 11.5 Å². The van der Waals surface area contributed by atoms with Crippen molar-refractivity contribution in [1.82, 2.24) is 15.1 Å². The van der Waals surface area contributed by atoms with Crippen molar-refractivity contribution in [2.75, 3.05) is 0 Å². The maximum absolute atomic E-state index is 10.8. The highest BCUT2D eigenvalue weighted by Gasteiger charge is 2.06. The lowest BCUT2D eigenvalue weighted by Gasteiger charge is -2.04. The predicted molar refractivity (Wildman–Crippen MR) is 56.4 cm³/mol. The summed E-state index contributed by atoms with van der Waals surface area (Å²) in [6, 6.07) is 1.57. The second-order valence-corrected chi connectivity index (χ2v) is 2.95. The van der Waals surface area contributed by atoms with Crippen molar-refractivity contribution in [1.29, 1.82) is 0 Å². The Morgan fingerprint density at radius 3 is 3.00 bits per heavy atom. The molecule has 15 heavy (non-hydrogen) atoms. The Labute approximate surface area is 86.6 Å². The molecule has 1 aliphatic rings. The number of nitrogens with one attached hydrogen (secondary N) is 1. The molecule has 0 aliphatic carbocycles. The summed E-state index contributed by atoms with van der Waals surface area (Å²) < 4.78 is 1.56. The van der Waals surface area contributed by atoms with E-state index in [-0.39, 0.29) is 5.69 Å². The number of rotatable bonds is 2. The monoisotopic (exact) mass is 202 g/mol. The molecule has 0 bridgehead atoms. The van der Waals surface area contributed by atoms with Gasteiger partial charge in [0.15, 0.2) is 0 Å². The number of hydrogen-bond donors (Lipinski definition) is 2. The first-order valence-electron chi connectivity index (χ1n) is 4.43. The number of nitrogens with two attached hydrogens (primary N) is 1. The lowest BCUT2D eigenvalue weighted by molar-refractivity contribution is 0.0995. The maximum Gasteiger partial charge on any atom is 0.269 e. The molecule has 0 radical (unpaired) electrons. The van der Waals surface area contributed by atoms with Gasteiger partial charge in [0.25, 0.3) is 5.91 Å². The molecular weight excluding hydrogens is 192 g/mol. The summed E-state index contributed by atoms with van der Waals surface area (Å²) in [4.78, 5) is 10.8. The summed E-state index contributed by atoms with van der Waals surface area (Å²) in [5, 5.41) is 7.04. The fraction of sp³-hybridized carbons (Fsp3) is 0. The first-order valence-corrected chi connectivity index (χ1v) is 4.43. The van der Waals surface area contributed by atoms with E-state index in [0.29, 0.717) is 0 Å². The predicted octanol–water partition coefficient (Wildman–Crippen LogP) is 0.453. The Kier molecular flexibility index (Phi) is 2.37. The Balaban J connectivity index is 2.29. The normalized spacial score (nSPS) is 14.3. The smallest absolute Gasteiger partial charge is 0.269 e. The number of nitrogens with zero attached hydrogens (tertiary/aromatic N) is 2. The van der Waals surface area contributed by atoms with Crippen molar-refractivity contribution in [3.8, 4) is 0 Å². The minimum absolute atomic E-state index is 0.245. The number of carbonyl (C=O) groups excluding carboxylic acids is 1. The van der Waals surface area contributed by atoms with Gasteiger partial charge in [-0.3, -0.25) is 4.79 Å². The van der Waals surface area contributed by atoms with Crippen LogP contribution in [-0.2, 0) is 0 Å². The van der Waals surface area contributed by atoms with Crippen LogP contribution in [0, 0.1) is 0 Å². The first-order chi connectivity index (χ1) is 7.27. The van der Waals surface area contributed by atoms with Crippen molar-refractivity contribution >= 4 is 11.7 Å². The average Bonchev–Trinajstić information content (AvgIpc) is 2.55. The molecule has 0 aromatic carbocycles. The molecular formula is C10H10N4O. The summed E-state index contributed by atoms with van der Waals surface area (Å²) in [5.41, 5.74) is 5.35. The van der Waals surface area contributed by atoms with Crippen molar-refractivity contribution in [2.45, 2.75) is 0 Å². The molecule has 0 saturated carbocycles. The molecule has 5 nitrogen and oxygen atoms in total. The van der Waals surface area contributed by atoms with Crippen LogP contribution < -0.4 is 11.1 Å². The third-order valence-corrected chi connectivity index (χ3v) is 1.89. The van der Waals surface area contributed by atoms with Crippen LogP contribution in [0.25, 0.3) is 5.82 Å². The van der Waals surface area contributed by atoms with E-state index in [9.17, 15) is 4.79 Å². The first kappa shape index (κ1) is 9.26. The van der Waals surface area contributed by atoms with Gasteiger partial charge in [-0.15, -0.1) is 0 Å². The summed E-state index contributed by atoms with van der Waals surface area (Å²) in [5.74, 6) is 0.224. The highest BCUT2D eigenvalue weighted by atomic mass is 16.1. The van der Waals surface area contributed by atoms with Gasteiger partial charge in [-0.2, -0.15) is 5.10 Å². The second-order valence-electron chi connectivity index (χ2n) is 2.95. The van der Waals surface area contributed by atoms with Crippen LogP contribution in [0.5, 0.6) is 0 Å². The highest BCUT2D eigenvalue weighted by Crippen LogP contribution is 2.04. The summed E-state index contributed by atoms with van der Waals surface area (Å²) in [6.45, 7) is 0. The average molecular weight is 202 g/mol. The number of hydrogen-bond acceptors (Lipinski definition) is 3. The third kappa shape index (κ3) is 1.96. The van der Waals surface area contributed by atoms with Crippen LogP contribution in [0.2, 0.25) is 0 Å². The Bertz CT molecular complexity index is 468. The summed E-state index contributed by atoms with van der Waals surface area (Å²) >= 11 is 0. The largest absolute Gasteiger partial charge is 0.364 e. The van der Waals surface area contributed by atoms with Crippen molar-refractivity contribution in [2.24, 2.45) is 5.73 Å². The second kappa shape index (κ2) is 3.83. The highest BCUT2D eigenvalue weighted by molar-refractivity contribution is 5.90. The Morgan fingerprint density at radius 1 is 1.40 bits per heavy atom. The molecule has 1 amide bonds. The van der Waals surface area contributed by atoms with Crippen LogP contribution in [0.3, 0.4) is 0 Å². The molecule has 0 atom stereocenters. The lowest BCUT2D eigenvalue weighted by atomic mass is 10.4. The van der Waals surface area contributed by atoms with Gasteiger partial charge in [0.05, 0.1) is 0 Å². The van der Waals surface area contributed by atoms with E-state index in [1.54, 1.807) is 23.1 Å². The number of amides is 1. The maximum atomic E-state index is 10.8. The van der Waals surface area contributed by atoms with E-state index in [2.05, 4.69) is 10.4 Å². The molecule has 1 aromatic rings. The topological polar surface area (TPSA) is 72.9 Å². The van der Waals surface area contributed by atoms with Gasteiger partial charge in [-0.1, -0.05) is 12.2 Å². The van der Waals surface area contributed by atoms with E-state index in [4.69, 9.17) is 5.73 Å². The van der Waals surface area contributed by atoms with Crippen LogP contribution in [0.4, 0.5) is 0 Å². The number of allylic oxidation sites excluding steroid dienone is 4. The van der Waals surface area contributed by atoms with Crippen molar-refractivity contribution < 1.29 is 4.79 Å². The van der Waals surface area contributed by atoms with E-state index in [1.807, 2.05) is 24.3 Å². The summed E-state index contributed by atoms with van der Waals surface area (Å²) in [6.07, 6.45) is 10.9. The van der Waals surface area contributed by atoms with Gasteiger partial charge in [0.2, 0.25) is 0 Å². The zero-order valence-electron chi connectivity index (χ0n) is 7.92. The molecule has 76 valence electrons. The van der Waals surface area contributed by atoms with E-state index < -0.39 is 5.91 Å². The van der Waals surface area contributed by atoms with E-state index in [0.717, 1.165) is 5.82 Å². The molecule has 0 fully saturated rings. The number of carbonyl (C=O) groups is 1. The quantitative estimate of drug-likeness (QED) is 0.731. The molecule has 0 saturated heterocycles. The third-order valence-electron chi connectivity index (χ3n) is 1.89. The number of aromatic nitrogens is 2. The molecule has 0 spiro atoms. The van der Waals surface area contributed by atoms with Gasteiger partial charge in [-0.05, 0) is 18.2 Å². The van der Waals surface area contributed by atoms with Crippen LogP contribution in [0.15, 0.2) is 42.8 Å². The van der Waals surface area contributed by atoms with Gasteiger partial charge in [0, 0.05) is 12.4 Å². The molecule has 2 rings (SSSR count). The lowest BCUT2D eigenvalue weighted by Crippen LogP contribution is -2.15. The minimum atomic E-state index is -0.533. The molecule has 3 N–H and O–H groups in total. The molecule has 1 aliphatic heterocycles. The minimum Gasteiger partial charge on any atom is -0.364 e. The SMILES string of the molecule is NC(=O)c1ccn(C2=CC=CC=CN2)n1. The molecule has 1 aromatic heterocycles. The van der Waals surface area contributed by atoms with Gasteiger partial charge in [-0.25, -0.2) is 4.68 Å². The fourth-order valence-electron chi connectivity index (χ4n) is 1.18. The van der Waals surface area contributed by atoms with Crippen LogP contribution in [0.1, 0.15) is 10.5 Å².